The number of fused-ring (bicyclic) bond motifs is 2. The summed E-state index contributed by atoms with van der Waals surface area (Å²) >= 11 is 0. The third-order valence-electron chi connectivity index (χ3n) is 5.08. The fraction of sp³-hybridized carbons (Fsp3) is 0.120. The van der Waals surface area contributed by atoms with Gasteiger partial charge in [-0.1, -0.05) is 60.7 Å². The summed E-state index contributed by atoms with van der Waals surface area (Å²) in [7, 11) is 0. The average molecular weight is 383 g/mol. The standard InChI is InChI=1S/C25H21NO3/c1-2-6-18(7-3-1)16-27-23-12-10-19-8-4-5-9-21(19)22(23)15-26-20-11-13-24-25(14-20)29-17-28-24/h1-14,26H,15-17H2. The van der Waals surface area contributed by atoms with Crippen LogP contribution in [0.2, 0.25) is 0 Å². The molecule has 0 spiro atoms. The molecular weight excluding hydrogens is 362 g/mol. The molecular formula is C25H21NO3. The largest absolute Gasteiger partial charge is 0.489 e. The quantitative estimate of drug-likeness (QED) is 0.459. The van der Waals surface area contributed by atoms with E-state index in [2.05, 4.69) is 53.8 Å². The number of hydrogen-bond donors (Lipinski definition) is 1. The molecule has 0 saturated carbocycles. The van der Waals surface area contributed by atoms with Crippen LogP contribution in [0.25, 0.3) is 10.8 Å². The topological polar surface area (TPSA) is 39.7 Å². The molecule has 4 heteroatoms. The first-order chi connectivity index (χ1) is 14.4. The lowest BCUT2D eigenvalue weighted by Crippen LogP contribution is -2.04. The van der Waals surface area contributed by atoms with Gasteiger partial charge in [-0.25, -0.2) is 0 Å². The number of hydrogen-bond acceptors (Lipinski definition) is 4. The predicted molar refractivity (Wildman–Crippen MR) is 115 cm³/mol. The van der Waals surface area contributed by atoms with E-state index in [0.29, 0.717) is 13.2 Å². The molecule has 4 aromatic rings. The molecule has 1 aliphatic rings. The average Bonchev–Trinajstić information content (AvgIpc) is 3.25. The molecule has 4 nitrogen and oxygen atoms in total. The van der Waals surface area contributed by atoms with Gasteiger partial charge in [-0.2, -0.15) is 0 Å². The van der Waals surface area contributed by atoms with Crippen LogP contribution in [0.4, 0.5) is 5.69 Å². The highest BCUT2D eigenvalue weighted by atomic mass is 16.7. The van der Waals surface area contributed by atoms with Gasteiger partial charge in [0.1, 0.15) is 12.4 Å². The van der Waals surface area contributed by atoms with Gasteiger partial charge < -0.3 is 19.5 Å². The monoisotopic (exact) mass is 383 g/mol. The van der Waals surface area contributed by atoms with Crippen LogP contribution >= 0.6 is 0 Å². The highest BCUT2D eigenvalue weighted by molar-refractivity contribution is 5.88. The Kier molecular flexibility index (Phi) is 4.67. The smallest absolute Gasteiger partial charge is 0.231 e. The van der Waals surface area contributed by atoms with Crippen LogP contribution in [0, 0.1) is 0 Å². The van der Waals surface area contributed by atoms with E-state index in [0.717, 1.165) is 34.1 Å². The summed E-state index contributed by atoms with van der Waals surface area (Å²) in [5.41, 5.74) is 3.27. The van der Waals surface area contributed by atoms with E-state index in [-0.39, 0.29) is 6.79 Å². The second kappa shape index (κ2) is 7.76. The maximum absolute atomic E-state index is 6.21. The molecule has 0 aromatic heterocycles. The summed E-state index contributed by atoms with van der Waals surface area (Å²) in [6, 6.07) is 28.7. The third kappa shape index (κ3) is 3.69. The van der Waals surface area contributed by atoms with Crippen LogP contribution < -0.4 is 19.5 Å². The van der Waals surface area contributed by atoms with Gasteiger partial charge in [-0.15, -0.1) is 0 Å². The zero-order chi connectivity index (χ0) is 19.5. The van der Waals surface area contributed by atoms with Crippen LogP contribution in [0.1, 0.15) is 11.1 Å². The molecule has 29 heavy (non-hydrogen) atoms. The molecule has 0 bridgehead atoms. The molecule has 0 aliphatic carbocycles. The SMILES string of the molecule is c1ccc(COc2ccc3ccccc3c2CNc2ccc3c(c2)OCO3)cc1. The molecule has 0 fully saturated rings. The van der Waals surface area contributed by atoms with Crippen molar-refractivity contribution < 1.29 is 14.2 Å². The normalized spacial score (nSPS) is 12.1. The second-order valence-electron chi connectivity index (χ2n) is 6.96. The molecule has 4 aromatic carbocycles. The first kappa shape index (κ1) is 17.4. The van der Waals surface area contributed by atoms with Crippen molar-refractivity contribution in [2.45, 2.75) is 13.2 Å². The van der Waals surface area contributed by atoms with Crippen molar-refractivity contribution in [2.75, 3.05) is 12.1 Å². The van der Waals surface area contributed by atoms with Crippen LogP contribution in [0.3, 0.4) is 0 Å². The Morgan fingerprint density at radius 3 is 2.55 bits per heavy atom. The number of nitrogens with one attached hydrogen (secondary N) is 1. The molecule has 1 aliphatic heterocycles. The molecule has 5 rings (SSSR count). The number of benzene rings is 4. The number of rotatable bonds is 6. The van der Waals surface area contributed by atoms with E-state index in [4.69, 9.17) is 14.2 Å². The van der Waals surface area contributed by atoms with Crippen LogP contribution in [0.5, 0.6) is 17.2 Å². The Labute approximate surface area is 169 Å². The van der Waals surface area contributed by atoms with Gasteiger partial charge in [-0.05, 0) is 34.5 Å². The van der Waals surface area contributed by atoms with Crippen molar-refractivity contribution in [3.05, 3.63) is 96.1 Å². The minimum absolute atomic E-state index is 0.277. The van der Waals surface area contributed by atoms with E-state index in [1.165, 1.54) is 10.8 Å². The van der Waals surface area contributed by atoms with E-state index in [9.17, 15) is 0 Å². The minimum Gasteiger partial charge on any atom is -0.489 e. The van der Waals surface area contributed by atoms with Crippen molar-refractivity contribution in [1.82, 2.24) is 0 Å². The van der Waals surface area contributed by atoms with Crippen molar-refractivity contribution in [3.63, 3.8) is 0 Å². The lowest BCUT2D eigenvalue weighted by Gasteiger charge is -2.16. The predicted octanol–water partition coefficient (Wildman–Crippen LogP) is 5.76. The van der Waals surface area contributed by atoms with Gasteiger partial charge >= 0.3 is 0 Å². The van der Waals surface area contributed by atoms with Gasteiger partial charge in [0, 0.05) is 23.9 Å². The van der Waals surface area contributed by atoms with Crippen molar-refractivity contribution in [2.24, 2.45) is 0 Å². The van der Waals surface area contributed by atoms with Crippen LogP contribution in [0.15, 0.2) is 84.9 Å². The fourth-order valence-electron chi connectivity index (χ4n) is 3.57. The molecule has 0 unspecified atom stereocenters. The second-order valence-corrected chi connectivity index (χ2v) is 6.96. The summed E-state index contributed by atoms with van der Waals surface area (Å²) in [6.07, 6.45) is 0. The molecule has 0 amide bonds. The lowest BCUT2D eigenvalue weighted by molar-refractivity contribution is 0.174. The maximum atomic E-state index is 6.21. The molecule has 0 radical (unpaired) electrons. The summed E-state index contributed by atoms with van der Waals surface area (Å²) in [4.78, 5) is 0. The Morgan fingerprint density at radius 1 is 0.793 bits per heavy atom. The summed E-state index contributed by atoms with van der Waals surface area (Å²) in [5.74, 6) is 2.45. The zero-order valence-corrected chi connectivity index (χ0v) is 15.9. The summed E-state index contributed by atoms with van der Waals surface area (Å²) in [6.45, 7) is 1.46. The van der Waals surface area contributed by atoms with Crippen LogP contribution in [-0.2, 0) is 13.2 Å². The Balaban J connectivity index is 1.42. The van der Waals surface area contributed by atoms with Crippen molar-refractivity contribution in [3.8, 4) is 17.2 Å². The summed E-state index contributed by atoms with van der Waals surface area (Å²) < 4.78 is 17.1. The highest BCUT2D eigenvalue weighted by Gasteiger charge is 2.14. The molecule has 0 saturated heterocycles. The number of ether oxygens (including phenoxy) is 3. The molecule has 1 N–H and O–H groups in total. The zero-order valence-electron chi connectivity index (χ0n) is 15.9. The van der Waals surface area contributed by atoms with Gasteiger partial charge in [0.15, 0.2) is 11.5 Å². The lowest BCUT2D eigenvalue weighted by atomic mass is 10.0. The first-order valence-corrected chi connectivity index (χ1v) is 9.68. The van der Waals surface area contributed by atoms with E-state index in [1.807, 2.05) is 36.4 Å². The van der Waals surface area contributed by atoms with Crippen molar-refractivity contribution >= 4 is 16.5 Å². The van der Waals surface area contributed by atoms with Gasteiger partial charge in [0.2, 0.25) is 6.79 Å². The van der Waals surface area contributed by atoms with E-state index >= 15 is 0 Å². The maximum Gasteiger partial charge on any atom is 0.231 e. The Morgan fingerprint density at radius 2 is 1.62 bits per heavy atom. The number of anilines is 1. The Bertz CT molecular complexity index is 1140. The summed E-state index contributed by atoms with van der Waals surface area (Å²) in [5, 5.41) is 5.89. The molecule has 1 heterocycles. The Hall–Kier alpha value is -3.66. The fourth-order valence-corrected chi connectivity index (χ4v) is 3.57. The van der Waals surface area contributed by atoms with E-state index in [1.54, 1.807) is 0 Å². The molecule has 0 atom stereocenters. The first-order valence-electron chi connectivity index (χ1n) is 9.68. The van der Waals surface area contributed by atoms with Gasteiger partial charge in [0.25, 0.3) is 0 Å². The van der Waals surface area contributed by atoms with Crippen LogP contribution in [-0.4, -0.2) is 6.79 Å². The van der Waals surface area contributed by atoms with Gasteiger partial charge in [-0.3, -0.25) is 0 Å². The third-order valence-corrected chi connectivity index (χ3v) is 5.08. The van der Waals surface area contributed by atoms with Gasteiger partial charge in [0.05, 0.1) is 0 Å². The highest BCUT2D eigenvalue weighted by Crippen LogP contribution is 2.35. The molecule has 144 valence electrons. The van der Waals surface area contributed by atoms with E-state index < -0.39 is 0 Å². The van der Waals surface area contributed by atoms with Crippen molar-refractivity contribution in [1.29, 1.82) is 0 Å². The minimum atomic E-state index is 0.277.